The van der Waals surface area contributed by atoms with Crippen LogP contribution in [0.4, 0.5) is 0 Å². The normalized spacial score (nSPS) is 12.2. The van der Waals surface area contributed by atoms with Crippen LogP contribution in [-0.2, 0) is 16.0 Å². The lowest BCUT2D eigenvalue weighted by Crippen LogP contribution is -2.00. The molecule has 1 aromatic carbocycles. The maximum atomic E-state index is 11.0. The van der Waals surface area contributed by atoms with E-state index in [9.17, 15) is 4.79 Å². The van der Waals surface area contributed by atoms with Crippen LogP contribution in [0.15, 0.2) is 24.3 Å². The van der Waals surface area contributed by atoms with E-state index >= 15 is 0 Å². The maximum absolute atomic E-state index is 11.0. The number of hydrogen-bond donors (Lipinski definition) is 0. The highest BCUT2D eigenvalue weighted by Crippen LogP contribution is 2.19. The van der Waals surface area contributed by atoms with E-state index in [1.54, 1.807) is 0 Å². The molecule has 1 atom stereocenters. The quantitative estimate of drug-likeness (QED) is 0.702. The van der Waals surface area contributed by atoms with Crippen LogP contribution in [0.1, 0.15) is 50.2 Å². The second-order valence-corrected chi connectivity index (χ2v) is 4.48. The largest absolute Gasteiger partial charge is 0.469 e. The van der Waals surface area contributed by atoms with Gasteiger partial charge < -0.3 is 4.74 Å². The van der Waals surface area contributed by atoms with E-state index in [-0.39, 0.29) is 5.97 Å². The van der Waals surface area contributed by atoms with E-state index < -0.39 is 0 Å². The molecule has 0 radical (unpaired) electrons. The standard InChI is InChI=1S/C15H22O2/c1-4-12(2)14-10-8-13(9-11-14)6-5-7-15(16)17-3/h8-12H,4-7H2,1-3H3. The van der Waals surface area contributed by atoms with Gasteiger partial charge in [0.25, 0.3) is 0 Å². The molecule has 1 unspecified atom stereocenters. The summed E-state index contributed by atoms with van der Waals surface area (Å²) in [6.07, 6.45) is 3.47. The highest BCUT2D eigenvalue weighted by atomic mass is 16.5. The molecule has 1 rings (SSSR count). The number of aryl methyl sites for hydroxylation is 1. The Morgan fingerprint density at radius 2 is 1.94 bits per heavy atom. The van der Waals surface area contributed by atoms with Crippen molar-refractivity contribution in [1.82, 2.24) is 0 Å². The molecule has 0 saturated heterocycles. The molecule has 0 heterocycles. The second kappa shape index (κ2) is 7.10. The summed E-state index contributed by atoms with van der Waals surface area (Å²) in [7, 11) is 1.43. The fraction of sp³-hybridized carbons (Fsp3) is 0.533. The first-order valence-corrected chi connectivity index (χ1v) is 6.33. The number of methoxy groups -OCH3 is 1. The number of carbonyl (C=O) groups excluding carboxylic acids is 1. The molecule has 0 aliphatic carbocycles. The second-order valence-electron chi connectivity index (χ2n) is 4.48. The van der Waals surface area contributed by atoms with Crippen molar-refractivity contribution in [2.75, 3.05) is 7.11 Å². The summed E-state index contributed by atoms with van der Waals surface area (Å²) in [5, 5.41) is 0. The van der Waals surface area contributed by atoms with Gasteiger partial charge in [0.2, 0.25) is 0 Å². The van der Waals surface area contributed by atoms with E-state index in [4.69, 9.17) is 0 Å². The van der Waals surface area contributed by atoms with Crippen molar-refractivity contribution in [3.63, 3.8) is 0 Å². The topological polar surface area (TPSA) is 26.3 Å². The van der Waals surface area contributed by atoms with Gasteiger partial charge in [-0.25, -0.2) is 0 Å². The van der Waals surface area contributed by atoms with Crippen LogP contribution in [0.3, 0.4) is 0 Å². The number of esters is 1. The third-order valence-electron chi connectivity index (χ3n) is 3.24. The van der Waals surface area contributed by atoms with Crippen LogP contribution in [0.2, 0.25) is 0 Å². The Bertz CT molecular complexity index is 340. The third-order valence-corrected chi connectivity index (χ3v) is 3.24. The summed E-state index contributed by atoms with van der Waals surface area (Å²) in [5.74, 6) is 0.500. The zero-order chi connectivity index (χ0) is 12.7. The van der Waals surface area contributed by atoms with Gasteiger partial charge in [-0.3, -0.25) is 4.79 Å². The Hall–Kier alpha value is -1.31. The summed E-state index contributed by atoms with van der Waals surface area (Å²) in [6, 6.07) is 8.72. The molecule has 0 aliphatic heterocycles. The molecule has 94 valence electrons. The molecular weight excluding hydrogens is 212 g/mol. The van der Waals surface area contributed by atoms with Gasteiger partial charge in [0.05, 0.1) is 7.11 Å². The zero-order valence-electron chi connectivity index (χ0n) is 11.0. The number of ether oxygens (including phenoxy) is 1. The number of carbonyl (C=O) groups is 1. The van der Waals surface area contributed by atoms with Gasteiger partial charge in [-0.1, -0.05) is 38.1 Å². The minimum Gasteiger partial charge on any atom is -0.469 e. The lowest BCUT2D eigenvalue weighted by molar-refractivity contribution is -0.140. The van der Waals surface area contributed by atoms with E-state index in [2.05, 4.69) is 42.8 Å². The van der Waals surface area contributed by atoms with Crippen LogP contribution in [0.25, 0.3) is 0 Å². The summed E-state index contributed by atoms with van der Waals surface area (Å²) < 4.78 is 4.61. The highest BCUT2D eigenvalue weighted by Gasteiger charge is 2.03. The number of benzene rings is 1. The molecule has 0 spiro atoms. The van der Waals surface area contributed by atoms with Crippen molar-refractivity contribution in [3.8, 4) is 0 Å². The van der Waals surface area contributed by atoms with Gasteiger partial charge in [-0.15, -0.1) is 0 Å². The summed E-state index contributed by atoms with van der Waals surface area (Å²) in [6.45, 7) is 4.45. The highest BCUT2D eigenvalue weighted by molar-refractivity contribution is 5.69. The van der Waals surface area contributed by atoms with Crippen molar-refractivity contribution < 1.29 is 9.53 Å². The van der Waals surface area contributed by atoms with Gasteiger partial charge in [0.1, 0.15) is 0 Å². The molecule has 1 aromatic rings. The van der Waals surface area contributed by atoms with Crippen molar-refractivity contribution >= 4 is 5.97 Å². The van der Waals surface area contributed by atoms with Crippen LogP contribution in [0.5, 0.6) is 0 Å². The Kier molecular flexibility index (Phi) is 5.75. The molecule has 0 fully saturated rings. The zero-order valence-corrected chi connectivity index (χ0v) is 11.0. The minimum absolute atomic E-state index is 0.124. The van der Waals surface area contributed by atoms with Crippen LogP contribution in [0, 0.1) is 0 Å². The summed E-state index contributed by atoms with van der Waals surface area (Å²) >= 11 is 0. The monoisotopic (exact) mass is 234 g/mol. The first-order valence-electron chi connectivity index (χ1n) is 6.33. The predicted molar refractivity (Wildman–Crippen MR) is 70.1 cm³/mol. The lowest BCUT2D eigenvalue weighted by Gasteiger charge is -2.09. The molecular formula is C15H22O2. The van der Waals surface area contributed by atoms with E-state index in [1.165, 1.54) is 24.7 Å². The van der Waals surface area contributed by atoms with Crippen molar-refractivity contribution in [3.05, 3.63) is 35.4 Å². The number of rotatable bonds is 6. The molecule has 0 N–H and O–H groups in total. The predicted octanol–water partition coefficient (Wildman–Crippen LogP) is 3.70. The Morgan fingerprint density at radius 3 is 2.47 bits per heavy atom. The third kappa shape index (κ3) is 4.59. The summed E-state index contributed by atoms with van der Waals surface area (Å²) in [5.41, 5.74) is 2.69. The molecule has 2 heteroatoms. The minimum atomic E-state index is -0.124. The molecule has 2 nitrogen and oxygen atoms in total. The fourth-order valence-electron chi connectivity index (χ4n) is 1.79. The van der Waals surface area contributed by atoms with Gasteiger partial charge >= 0.3 is 5.97 Å². The average molecular weight is 234 g/mol. The van der Waals surface area contributed by atoms with Crippen LogP contribution >= 0.6 is 0 Å². The average Bonchev–Trinajstić information content (AvgIpc) is 2.38. The van der Waals surface area contributed by atoms with Gasteiger partial charge in [-0.2, -0.15) is 0 Å². The van der Waals surface area contributed by atoms with E-state index in [0.29, 0.717) is 12.3 Å². The SMILES string of the molecule is CCC(C)c1ccc(CCCC(=O)OC)cc1. The first kappa shape index (κ1) is 13.8. The molecule has 0 aliphatic rings. The fourth-order valence-corrected chi connectivity index (χ4v) is 1.79. The van der Waals surface area contributed by atoms with E-state index in [1.807, 2.05) is 0 Å². The summed E-state index contributed by atoms with van der Waals surface area (Å²) in [4.78, 5) is 11.0. The number of hydrogen-bond acceptors (Lipinski definition) is 2. The molecule has 0 bridgehead atoms. The van der Waals surface area contributed by atoms with Gasteiger partial charge in [-0.05, 0) is 36.3 Å². The molecule has 17 heavy (non-hydrogen) atoms. The molecule has 0 saturated carbocycles. The smallest absolute Gasteiger partial charge is 0.305 e. The van der Waals surface area contributed by atoms with Gasteiger partial charge in [0.15, 0.2) is 0 Å². The van der Waals surface area contributed by atoms with Crippen LogP contribution in [-0.4, -0.2) is 13.1 Å². The molecule has 0 aromatic heterocycles. The van der Waals surface area contributed by atoms with Crippen LogP contribution < -0.4 is 0 Å². The van der Waals surface area contributed by atoms with E-state index in [0.717, 1.165) is 12.8 Å². The maximum Gasteiger partial charge on any atom is 0.305 e. The Morgan fingerprint density at radius 1 is 1.29 bits per heavy atom. The Labute approximate surface area is 104 Å². The Balaban J connectivity index is 2.43. The molecule has 0 amide bonds. The lowest BCUT2D eigenvalue weighted by atomic mass is 9.96. The van der Waals surface area contributed by atoms with Crippen molar-refractivity contribution in [2.45, 2.75) is 45.4 Å². The van der Waals surface area contributed by atoms with Crippen molar-refractivity contribution in [2.24, 2.45) is 0 Å². The first-order chi connectivity index (χ1) is 8.17. The van der Waals surface area contributed by atoms with Crippen molar-refractivity contribution in [1.29, 1.82) is 0 Å². The van der Waals surface area contributed by atoms with Gasteiger partial charge in [0, 0.05) is 6.42 Å².